The third-order valence-electron chi connectivity index (χ3n) is 2.72. The Labute approximate surface area is 108 Å². The van der Waals surface area contributed by atoms with Gasteiger partial charge in [-0.25, -0.2) is 4.39 Å². The van der Waals surface area contributed by atoms with E-state index in [1.165, 1.54) is 6.07 Å². The summed E-state index contributed by atoms with van der Waals surface area (Å²) in [5.74, 6) is -0.0488. The topological polar surface area (TPSA) is 30.5 Å². The van der Waals surface area contributed by atoms with Crippen molar-refractivity contribution in [3.05, 3.63) is 29.6 Å². The zero-order valence-corrected chi connectivity index (χ0v) is 11.3. The van der Waals surface area contributed by atoms with Crippen LogP contribution in [0.25, 0.3) is 0 Å². The fourth-order valence-electron chi connectivity index (χ4n) is 1.53. The molecule has 0 spiro atoms. The molecule has 1 atom stereocenters. The Bertz CT molecular complexity index is 358. The number of rotatable bonds is 8. The number of nitrogens with one attached hydrogen (secondary N) is 1. The first-order valence-electron chi connectivity index (χ1n) is 6.36. The second-order valence-corrected chi connectivity index (χ2v) is 4.16. The van der Waals surface area contributed by atoms with Gasteiger partial charge in [-0.05, 0) is 38.1 Å². The van der Waals surface area contributed by atoms with Crippen molar-refractivity contribution in [2.24, 2.45) is 0 Å². The average molecular weight is 255 g/mol. The molecule has 0 saturated carbocycles. The van der Waals surface area contributed by atoms with Crippen molar-refractivity contribution in [2.45, 2.75) is 26.3 Å². The second-order valence-electron chi connectivity index (χ2n) is 4.16. The van der Waals surface area contributed by atoms with Gasteiger partial charge in [0.05, 0.1) is 6.61 Å². The van der Waals surface area contributed by atoms with Crippen molar-refractivity contribution in [3.63, 3.8) is 0 Å². The van der Waals surface area contributed by atoms with E-state index in [2.05, 4.69) is 5.32 Å². The third-order valence-corrected chi connectivity index (χ3v) is 2.72. The Kier molecular flexibility index (Phi) is 6.68. The van der Waals surface area contributed by atoms with Gasteiger partial charge in [-0.1, -0.05) is 13.0 Å². The molecule has 0 amide bonds. The van der Waals surface area contributed by atoms with Crippen LogP contribution in [0.4, 0.5) is 4.39 Å². The minimum atomic E-state index is -0.329. The summed E-state index contributed by atoms with van der Waals surface area (Å²) in [4.78, 5) is 0. The van der Waals surface area contributed by atoms with Crippen LogP contribution in [0.1, 0.15) is 31.9 Å². The quantitative estimate of drug-likeness (QED) is 0.724. The smallest absolute Gasteiger partial charge is 0.165 e. The van der Waals surface area contributed by atoms with E-state index in [0.717, 1.165) is 12.0 Å². The molecule has 0 aliphatic carbocycles. The summed E-state index contributed by atoms with van der Waals surface area (Å²) >= 11 is 0. The maximum atomic E-state index is 13.7. The monoisotopic (exact) mass is 255 g/mol. The maximum absolute atomic E-state index is 13.7. The van der Waals surface area contributed by atoms with Crippen LogP contribution >= 0.6 is 0 Å². The highest BCUT2D eigenvalue weighted by Crippen LogP contribution is 2.21. The molecule has 0 heterocycles. The molecule has 0 aliphatic rings. The van der Waals surface area contributed by atoms with Crippen LogP contribution in [0.15, 0.2) is 18.2 Å². The van der Waals surface area contributed by atoms with E-state index in [4.69, 9.17) is 9.47 Å². The van der Waals surface area contributed by atoms with E-state index < -0.39 is 0 Å². The van der Waals surface area contributed by atoms with Gasteiger partial charge < -0.3 is 14.8 Å². The zero-order valence-electron chi connectivity index (χ0n) is 11.3. The predicted molar refractivity (Wildman–Crippen MR) is 70.5 cm³/mol. The highest BCUT2D eigenvalue weighted by Gasteiger charge is 2.08. The SMILES string of the molecule is CCCOCCOc1ccc(C(C)NC)cc1F. The van der Waals surface area contributed by atoms with Crippen LogP contribution in [0, 0.1) is 5.82 Å². The molecular formula is C14H22FNO2. The van der Waals surface area contributed by atoms with E-state index in [0.29, 0.717) is 19.8 Å². The summed E-state index contributed by atoms with van der Waals surface area (Å²) in [6.45, 7) is 5.60. The van der Waals surface area contributed by atoms with Gasteiger partial charge in [0.15, 0.2) is 11.6 Å². The van der Waals surface area contributed by atoms with Crippen LogP contribution in [-0.2, 0) is 4.74 Å². The molecule has 1 rings (SSSR count). The molecule has 1 unspecified atom stereocenters. The van der Waals surface area contributed by atoms with Gasteiger partial charge in [-0.15, -0.1) is 0 Å². The minimum absolute atomic E-state index is 0.126. The minimum Gasteiger partial charge on any atom is -0.488 e. The third kappa shape index (κ3) is 4.63. The number of hydrogen-bond acceptors (Lipinski definition) is 3. The van der Waals surface area contributed by atoms with Crippen molar-refractivity contribution in [1.82, 2.24) is 5.32 Å². The summed E-state index contributed by atoms with van der Waals surface area (Å²) in [6, 6.07) is 5.16. The molecule has 0 fully saturated rings. The van der Waals surface area contributed by atoms with E-state index in [-0.39, 0.29) is 17.6 Å². The lowest BCUT2D eigenvalue weighted by Gasteiger charge is -2.13. The molecule has 1 N–H and O–H groups in total. The predicted octanol–water partition coefficient (Wildman–Crippen LogP) is 2.91. The molecule has 0 aliphatic heterocycles. The summed E-state index contributed by atoms with van der Waals surface area (Å²) in [6.07, 6.45) is 0.977. The molecule has 0 radical (unpaired) electrons. The Balaban J connectivity index is 2.47. The van der Waals surface area contributed by atoms with Gasteiger partial charge in [-0.3, -0.25) is 0 Å². The first-order valence-corrected chi connectivity index (χ1v) is 6.36. The molecule has 18 heavy (non-hydrogen) atoms. The fourth-order valence-corrected chi connectivity index (χ4v) is 1.53. The summed E-state index contributed by atoms with van der Waals surface area (Å²) in [5, 5.41) is 3.07. The van der Waals surface area contributed by atoms with Crippen LogP contribution in [-0.4, -0.2) is 26.9 Å². The van der Waals surface area contributed by atoms with Crippen molar-refractivity contribution in [1.29, 1.82) is 0 Å². The van der Waals surface area contributed by atoms with Gasteiger partial charge in [0.2, 0.25) is 0 Å². The van der Waals surface area contributed by atoms with Crippen LogP contribution in [0.5, 0.6) is 5.75 Å². The number of halogens is 1. The molecule has 4 heteroatoms. The van der Waals surface area contributed by atoms with E-state index >= 15 is 0 Å². The number of benzene rings is 1. The van der Waals surface area contributed by atoms with Gasteiger partial charge in [0.25, 0.3) is 0 Å². The fraction of sp³-hybridized carbons (Fsp3) is 0.571. The lowest BCUT2D eigenvalue weighted by Crippen LogP contribution is -2.13. The molecule has 1 aromatic carbocycles. The van der Waals surface area contributed by atoms with E-state index in [1.54, 1.807) is 6.07 Å². The van der Waals surface area contributed by atoms with E-state index in [9.17, 15) is 4.39 Å². The Morgan fingerprint density at radius 3 is 2.67 bits per heavy atom. The number of hydrogen-bond donors (Lipinski definition) is 1. The molecular weight excluding hydrogens is 233 g/mol. The second kappa shape index (κ2) is 8.06. The standard InChI is InChI=1S/C14H22FNO2/c1-4-7-17-8-9-18-14-6-5-12(10-13(14)15)11(2)16-3/h5-6,10-11,16H,4,7-9H2,1-3H3. The van der Waals surface area contributed by atoms with Gasteiger partial charge in [-0.2, -0.15) is 0 Å². The van der Waals surface area contributed by atoms with Gasteiger partial charge in [0.1, 0.15) is 6.61 Å². The van der Waals surface area contributed by atoms with Crippen LogP contribution in [0.2, 0.25) is 0 Å². The molecule has 3 nitrogen and oxygen atoms in total. The largest absolute Gasteiger partial charge is 0.488 e. The molecule has 0 aromatic heterocycles. The van der Waals surface area contributed by atoms with E-state index in [1.807, 2.05) is 27.0 Å². The lowest BCUT2D eigenvalue weighted by molar-refractivity contribution is 0.0991. The summed E-state index contributed by atoms with van der Waals surface area (Å²) in [7, 11) is 1.85. The highest BCUT2D eigenvalue weighted by atomic mass is 19.1. The van der Waals surface area contributed by atoms with Crippen molar-refractivity contribution >= 4 is 0 Å². The first kappa shape index (κ1) is 14.9. The van der Waals surface area contributed by atoms with Crippen molar-refractivity contribution in [2.75, 3.05) is 26.9 Å². The van der Waals surface area contributed by atoms with Crippen molar-refractivity contribution < 1.29 is 13.9 Å². The summed E-state index contributed by atoms with van der Waals surface area (Å²) in [5.41, 5.74) is 0.907. The lowest BCUT2D eigenvalue weighted by atomic mass is 10.1. The Morgan fingerprint density at radius 1 is 1.28 bits per heavy atom. The average Bonchev–Trinajstić information content (AvgIpc) is 2.39. The zero-order chi connectivity index (χ0) is 13.4. The number of ether oxygens (including phenoxy) is 2. The molecule has 0 bridgehead atoms. The Morgan fingerprint density at radius 2 is 2.06 bits per heavy atom. The molecule has 1 aromatic rings. The molecule has 102 valence electrons. The highest BCUT2D eigenvalue weighted by molar-refractivity contribution is 5.30. The van der Waals surface area contributed by atoms with Crippen molar-refractivity contribution in [3.8, 4) is 5.75 Å². The Hall–Kier alpha value is -1.13. The normalized spacial score (nSPS) is 12.4. The van der Waals surface area contributed by atoms with Crippen LogP contribution in [0.3, 0.4) is 0 Å². The first-order chi connectivity index (χ1) is 8.69. The summed E-state index contributed by atoms with van der Waals surface area (Å²) < 4.78 is 24.3. The van der Waals surface area contributed by atoms with Gasteiger partial charge in [0, 0.05) is 12.6 Å². The maximum Gasteiger partial charge on any atom is 0.165 e. The van der Waals surface area contributed by atoms with Crippen LogP contribution < -0.4 is 10.1 Å². The molecule has 0 saturated heterocycles. The van der Waals surface area contributed by atoms with Gasteiger partial charge >= 0.3 is 0 Å².